The van der Waals surface area contributed by atoms with Gasteiger partial charge in [-0.1, -0.05) is 6.07 Å². The predicted molar refractivity (Wildman–Crippen MR) is 82.1 cm³/mol. The Morgan fingerprint density at radius 2 is 2.04 bits per heavy atom. The number of thiophene rings is 1. The third-order valence-corrected chi connectivity index (χ3v) is 4.01. The van der Waals surface area contributed by atoms with Gasteiger partial charge < -0.3 is 4.42 Å². The number of tetrazole rings is 1. The molecule has 0 fully saturated rings. The van der Waals surface area contributed by atoms with Crippen LogP contribution in [-0.4, -0.2) is 25.2 Å². The predicted octanol–water partition coefficient (Wildman–Crippen LogP) is 3.24. The number of aromatic nitrogens is 5. The van der Waals surface area contributed by atoms with Crippen LogP contribution in [0.25, 0.3) is 22.2 Å². The third kappa shape index (κ3) is 2.88. The van der Waals surface area contributed by atoms with Crippen molar-refractivity contribution in [2.45, 2.75) is 6.54 Å². The quantitative estimate of drug-likeness (QED) is 0.575. The van der Waals surface area contributed by atoms with Crippen LogP contribution in [0.15, 0.2) is 52.5 Å². The zero-order valence-electron chi connectivity index (χ0n) is 11.8. The molecule has 0 amide bonds. The SMILES string of the molecule is Fc1ccc(-c2nc(Cn3nnc(-c4cccs4)n3)co2)cc1. The minimum atomic E-state index is -0.298. The summed E-state index contributed by atoms with van der Waals surface area (Å²) in [7, 11) is 0. The summed E-state index contributed by atoms with van der Waals surface area (Å²) in [6.45, 7) is 0.350. The molecule has 3 heterocycles. The Hall–Kier alpha value is -2.87. The second kappa shape index (κ2) is 5.73. The molecule has 4 rings (SSSR count). The van der Waals surface area contributed by atoms with Gasteiger partial charge in [-0.15, -0.1) is 21.5 Å². The Labute approximate surface area is 134 Å². The van der Waals surface area contributed by atoms with E-state index in [0.717, 1.165) is 4.88 Å². The van der Waals surface area contributed by atoms with Gasteiger partial charge in [-0.3, -0.25) is 0 Å². The fourth-order valence-electron chi connectivity index (χ4n) is 2.06. The van der Waals surface area contributed by atoms with Crippen LogP contribution < -0.4 is 0 Å². The van der Waals surface area contributed by atoms with Crippen molar-refractivity contribution in [1.82, 2.24) is 25.2 Å². The topological polar surface area (TPSA) is 69.6 Å². The lowest BCUT2D eigenvalue weighted by Gasteiger charge is -1.94. The minimum Gasteiger partial charge on any atom is -0.444 e. The van der Waals surface area contributed by atoms with E-state index in [0.29, 0.717) is 29.5 Å². The second-order valence-electron chi connectivity index (χ2n) is 4.77. The number of oxazole rings is 1. The molecule has 0 aliphatic heterocycles. The van der Waals surface area contributed by atoms with Crippen LogP contribution in [0, 0.1) is 5.82 Å². The van der Waals surface area contributed by atoms with E-state index in [1.54, 1.807) is 23.5 Å². The van der Waals surface area contributed by atoms with E-state index in [-0.39, 0.29) is 5.82 Å². The van der Waals surface area contributed by atoms with Gasteiger partial charge in [0.1, 0.15) is 24.3 Å². The molecule has 4 aromatic rings. The van der Waals surface area contributed by atoms with Crippen molar-refractivity contribution >= 4 is 11.3 Å². The third-order valence-electron chi connectivity index (χ3n) is 3.14. The van der Waals surface area contributed by atoms with E-state index in [1.165, 1.54) is 23.2 Å². The minimum absolute atomic E-state index is 0.298. The maximum absolute atomic E-state index is 12.9. The van der Waals surface area contributed by atoms with Crippen molar-refractivity contribution in [2.24, 2.45) is 0 Å². The summed E-state index contributed by atoms with van der Waals surface area (Å²) in [6.07, 6.45) is 1.53. The Kier molecular flexibility index (Phi) is 3.43. The number of nitrogens with zero attached hydrogens (tertiary/aromatic N) is 5. The number of halogens is 1. The van der Waals surface area contributed by atoms with Gasteiger partial charge in [0.2, 0.25) is 11.7 Å². The monoisotopic (exact) mass is 327 g/mol. The largest absolute Gasteiger partial charge is 0.444 e. The van der Waals surface area contributed by atoms with Gasteiger partial charge in [-0.05, 0) is 40.9 Å². The van der Waals surface area contributed by atoms with Gasteiger partial charge in [0.15, 0.2) is 0 Å². The molecule has 114 valence electrons. The van der Waals surface area contributed by atoms with E-state index in [1.807, 2.05) is 17.5 Å². The first-order valence-corrected chi connectivity index (χ1v) is 7.68. The van der Waals surface area contributed by atoms with Crippen LogP contribution in [0.5, 0.6) is 0 Å². The van der Waals surface area contributed by atoms with Gasteiger partial charge in [0, 0.05) is 5.56 Å². The van der Waals surface area contributed by atoms with Crippen molar-refractivity contribution in [3.63, 3.8) is 0 Å². The maximum Gasteiger partial charge on any atom is 0.226 e. The molecule has 0 spiro atoms. The Bertz CT molecular complexity index is 914. The number of hydrogen-bond donors (Lipinski definition) is 0. The molecule has 0 bridgehead atoms. The van der Waals surface area contributed by atoms with Crippen molar-refractivity contribution in [1.29, 1.82) is 0 Å². The van der Waals surface area contributed by atoms with E-state index in [2.05, 4.69) is 20.4 Å². The summed E-state index contributed by atoms with van der Waals surface area (Å²) in [5, 5.41) is 14.3. The first-order chi connectivity index (χ1) is 11.3. The van der Waals surface area contributed by atoms with E-state index >= 15 is 0 Å². The molecule has 1 aromatic carbocycles. The molecule has 3 aromatic heterocycles. The van der Waals surface area contributed by atoms with Gasteiger partial charge in [0.25, 0.3) is 0 Å². The molecule has 0 aliphatic carbocycles. The zero-order valence-corrected chi connectivity index (χ0v) is 12.6. The molecule has 0 atom stereocenters. The fraction of sp³-hybridized carbons (Fsp3) is 0.0667. The van der Waals surface area contributed by atoms with E-state index in [4.69, 9.17) is 4.42 Å². The first kappa shape index (κ1) is 13.8. The van der Waals surface area contributed by atoms with Crippen LogP contribution in [-0.2, 0) is 6.54 Å². The Morgan fingerprint density at radius 3 is 2.83 bits per heavy atom. The van der Waals surface area contributed by atoms with Gasteiger partial charge in [-0.2, -0.15) is 4.80 Å². The fourth-order valence-corrected chi connectivity index (χ4v) is 2.71. The van der Waals surface area contributed by atoms with Crippen molar-refractivity contribution in [3.8, 4) is 22.2 Å². The number of rotatable bonds is 4. The smallest absolute Gasteiger partial charge is 0.226 e. The molecule has 0 saturated carbocycles. The number of benzene rings is 1. The van der Waals surface area contributed by atoms with E-state index in [9.17, 15) is 4.39 Å². The summed E-state index contributed by atoms with van der Waals surface area (Å²) >= 11 is 1.56. The Morgan fingerprint density at radius 1 is 1.17 bits per heavy atom. The van der Waals surface area contributed by atoms with Crippen LogP contribution in [0.4, 0.5) is 4.39 Å². The molecule has 0 aliphatic rings. The summed E-state index contributed by atoms with van der Waals surface area (Å²) in [5.74, 6) is 0.717. The highest BCUT2D eigenvalue weighted by atomic mass is 32.1. The normalized spacial score (nSPS) is 11.0. The maximum atomic E-state index is 12.9. The second-order valence-corrected chi connectivity index (χ2v) is 5.72. The molecule has 6 nitrogen and oxygen atoms in total. The lowest BCUT2D eigenvalue weighted by molar-refractivity contribution is 0.550. The Balaban J connectivity index is 1.53. The average molecular weight is 327 g/mol. The van der Waals surface area contributed by atoms with E-state index < -0.39 is 0 Å². The standard InChI is InChI=1S/C15H10FN5OS/c16-11-5-3-10(4-6-11)15-17-12(9-22-15)8-21-19-14(18-20-21)13-2-1-7-23-13/h1-7,9H,8H2. The highest BCUT2D eigenvalue weighted by Gasteiger charge is 2.11. The van der Waals surface area contributed by atoms with Gasteiger partial charge in [-0.25, -0.2) is 9.37 Å². The number of hydrogen-bond acceptors (Lipinski definition) is 6. The molecule has 0 saturated heterocycles. The zero-order chi connectivity index (χ0) is 15.6. The molecular weight excluding hydrogens is 317 g/mol. The highest BCUT2D eigenvalue weighted by molar-refractivity contribution is 7.13. The summed E-state index contributed by atoms with van der Waals surface area (Å²) in [4.78, 5) is 6.78. The molecule has 0 radical (unpaired) electrons. The first-order valence-electron chi connectivity index (χ1n) is 6.80. The summed E-state index contributed by atoms with van der Waals surface area (Å²) in [5.41, 5.74) is 1.38. The molecule has 0 N–H and O–H groups in total. The van der Waals surface area contributed by atoms with Crippen LogP contribution >= 0.6 is 11.3 Å². The van der Waals surface area contributed by atoms with Gasteiger partial charge >= 0.3 is 0 Å². The van der Waals surface area contributed by atoms with Gasteiger partial charge in [0.05, 0.1) is 4.88 Å². The molecule has 0 unspecified atom stereocenters. The lowest BCUT2D eigenvalue weighted by Crippen LogP contribution is -2.04. The van der Waals surface area contributed by atoms with Crippen molar-refractivity contribution < 1.29 is 8.81 Å². The highest BCUT2D eigenvalue weighted by Crippen LogP contribution is 2.21. The van der Waals surface area contributed by atoms with Crippen LogP contribution in [0.1, 0.15) is 5.69 Å². The average Bonchev–Trinajstić information content (AvgIpc) is 3.29. The van der Waals surface area contributed by atoms with Crippen molar-refractivity contribution in [3.05, 3.63) is 59.6 Å². The molecule has 8 heteroatoms. The summed E-state index contributed by atoms with van der Waals surface area (Å²) < 4.78 is 18.4. The van der Waals surface area contributed by atoms with Crippen LogP contribution in [0.3, 0.4) is 0 Å². The van der Waals surface area contributed by atoms with Crippen LogP contribution in [0.2, 0.25) is 0 Å². The molecule has 23 heavy (non-hydrogen) atoms. The lowest BCUT2D eigenvalue weighted by atomic mass is 10.2. The summed E-state index contributed by atoms with van der Waals surface area (Å²) in [6, 6.07) is 9.85. The molecular formula is C15H10FN5OS. The van der Waals surface area contributed by atoms with Crippen molar-refractivity contribution in [2.75, 3.05) is 0 Å².